The second-order valence-corrected chi connectivity index (χ2v) is 5.18. The van der Waals surface area contributed by atoms with E-state index >= 15 is 0 Å². The number of rotatable bonds is 2. The van der Waals surface area contributed by atoms with Crippen molar-refractivity contribution in [1.29, 1.82) is 0 Å². The van der Waals surface area contributed by atoms with Crippen molar-refractivity contribution in [2.75, 3.05) is 18.5 Å². The van der Waals surface area contributed by atoms with Crippen LogP contribution in [-0.2, 0) is 9.53 Å². The number of hydrogen-bond acceptors (Lipinski definition) is 3. The Morgan fingerprint density at radius 2 is 2.30 bits per heavy atom. The third-order valence-corrected chi connectivity index (χ3v) is 3.35. The molecule has 4 heteroatoms. The monoisotopic (exact) mass is 273 g/mol. The maximum absolute atomic E-state index is 12.3. The van der Waals surface area contributed by atoms with Gasteiger partial charge in [-0.05, 0) is 50.5 Å². The Labute approximate surface area is 119 Å². The van der Waals surface area contributed by atoms with Gasteiger partial charge >= 0.3 is 0 Å². The van der Waals surface area contributed by atoms with Crippen molar-refractivity contribution in [3.63, 3.8) is 0 Å². The van der Waals surface area contributed by atoms with Crippen LogP contribution in [-0.4, -0.2) is 29.8 Å². The zero-order valence-electron chi connectivity index (χ0n) is 11.8. The van der Waals surface area contributed by atoms with Gasteiger partial charge in [-0.2, -0.15) is 0 Å². The molecule has 2 N–H and O–H groups in total. The van der Waals surface area contributed by atoms with Gasteiger partial charge in [-0.25, -0.2) is 0 Å². The number of amides is 1. The topological polar surface area (TPSA) is 58.6 Å². The lowest BCUT2D eigenvalue weighted by Crippen LogP contribution is -2.39. The fourth-order valence-electron chi connectivity index (χ4n) is 2.29. The maximum Gasteiger partial charge on any atom is 0.256 e. The molecular formula is C16H19NO3. The standard InChI is InChI=1S/C16H19NO3/c1-12-9-13(5-3-7-18)11-14(10-12)17-15(19)16(2)6-4-8-20-16/h9-11,18H,4,6-8H2,1-2H3,(H,17,19). The summed E-state index contributed by atoms with van der Waals surface area (Å²) in [6.45, 7) is 4.21. The Morgan fingerprint density at radius 3 is 2.95 bits per heavy atom. The lowest BCUT2D eigenvalue weighted by molar-refractivity contribution is -0.133. The van der Waals surface area contributed by atoms with Gasteiger partial charge in [0, 0.05) is 17.9 Å². The van der Waals surface area contributed by atoms with E-state index in [1.165, 1.54) is 0 Å². The fraction of sp³-hybridized carbons (Fsp3) is 0.438. The molecule has 1 unspecified atom stereocenters. The third kappa shape index (κ3) is 3.38. The van der Waals surface area contributed by atoms with Crippen LogP contribution in [0.2, 0.25) is 0 Å². The summed E-state index contributed by atoms with van der Waals surface area (Å²) in [7, 11) is 0. The van der Waals surface area contributed by atoms with E-state index in [9.17, 15) is 4.79 Å². The first kappa shape index (κ1) is 14.6. The summed E-state index contributed by atoms with van der Waals surface area (Å²) in [6.07, 6.45) is 1.65. The smallest absolute Gasteiger partial charge is 0.256 e. The van der Waals surface area contributed by atoms with E-state index in [0.29, 0.717) is 12.3 Å². The first-order valence-corrected chi connectivity index (χ1v) is 6.70. The maximum atomic E-state index is 12.3. The van der Waals surface area contributed by atoms with E-state index in [1.54, 1.807) is 6.07 Å². The third-order valence-electron chi connectivity index (χ3n) is 3.35. The first-order valence-electron chi connectivity index (χ1n) is 6.70. The minimum atomic E-state index is -0.735. The molecule has 1 aliphatic heterocycles. The van der Waals surface area contributed by atoms with E-state index in [0.717, 1.165) is 24.0 Å². The van der Waals surface area contributed by atoms with Crippen molar-refractivity contribution in [3.8, 4) is 11.8 Å². The number of carbonyl (C=O) groups excluding carboxylic acids is 1. The molecule has 4 nitrogen and oxygen atoms in total. The molecule has 1 atom stereocenters. The van der Waals surface area contributed by atoms with Crippen LogP contribution in [0.4, 0.5) is 5.69 Å². The van der Waals surface area contributed by atoms with Crippen LogP contribution in [0, 0.1) is 18.8 Å². The molecule has 2 rings (SSSR count). The lowest BCUT2D eigenvalue weighted by atomic mass is 10.0. The molecule has 0 spiro atoms. The van der Waals surface area contributed by atoms with Gasteiger partial charge in [0.2, 0.25) is 0 Å². The number of hydrogen-bond donors (Lipinski definition) is 2. The highest BCUT2D eigenvalue weighted by atomic mass is 16.5. The van der Waals surface area contributed by atoms with Crippen LogP contribution in [0.1, 0.15) is 30.9 Å². The molecule has 1 fully saturated rings. The largest absolute Gasteiger partial charge is 0.384 e. The Hall–Kier alpha value is -1.83. The highest BCUT2D eigenvalue weighted by Gasteiger charge is 2.37. The summed E-state index contributed by atoms with van der Waals surface area (Å²) >= 11 is 0. The highest BCUT2D eigenvalue weighted by molar-refractivity contribution is 5.97. The number of ether oxygens (including phenoxy) is 1. The summed E-state index contributed by atoms with van der Waals surface area (Å²) in [5.74, 6) is 5.32. The zero-order chi connectivity index (χ0) is 14.6. The van der Waals surface area contributed by atoms with Crippen LogP contribution in [0.3, 0.4) is 0 Å². The second kappa shape index (κ2) is 6.08. The average molecular weight is 273 g/mol. The minimum Gasteiger partial charge on any atom is -0.384 e. The van der Waals surface area contributed by atoms with Crippen molar-refractivity contribution in [3.05, 3.63) is 29.3 Å². The molecule has 20 heavy (non-hydrogen) atoms. The summed E-state index contributed by atoms with van der Waals surface area (Å²) in [5.41, 5.74) is 1.74. The first-order chi connectivity index (χ1) is 9.53. The van der Waals surface area contributed by atoms with E-state index in [2.05, 4.69) is 17.2 Å². The van der Waals surface area contributed by atoms with E-state index < -0.39 is 5.60 Å². The molecule has 1 aromatic carbocycles. The number of anilines is 1. The van der Waals surface area contributed by atoms with E-state index in [1.807, 2.05) is 26.0 Å². The van der Waals surface area contributed by atoms with Gasteiger partial charge in [-0.15, -0.1) is 0 Å². The quantitative estimate of drug-likeness (QED) is 0.808. The predicted molar refractivity (Wildman–Crippen MR) is 77.4 cm³/mol. The molecule has 1 aromatic rings. The number of aryl methyl sites for hydroxylation is 1. The molecule has 0 aromatic heterocycles. The van der Waals surface area contributed by atoms with Gasteiger partial charge in [0.05, 0.1) is 0 Å². The molecule has 106 valence electrons. The van der Waals surface area contributed by atoms with Gasteiger partial charge in [0.15, 0.2) is 0 Å². The molecule has 1 heterocycles. The van der Waals surface area contributed by atoms with Gasteiger partial charge in [0.25, 0.3) is 5.91 Å². The van der Waals surface area contributed by atoms with Gasteiger partial charge in [-0.3, -0.25) is 4.79 Å². The van der Waals surface area contributed by atoms with Crippen LogP contribution in [0.25, 0.3) is 0 Å². The van der Waals surface area contributed by atoms with E-state index in [4.69, 9.17) is 9.84 Å². The molecule has 0 radical (unpaired) electrons. The predicted octanol–water partition coefficient (Wildman–Crippen LogP) is 1.85. The normalized spacial score (nSPS) is 21.1. The Morgan fingerprint density at radius 1 is 1.50 bits per heavy atom. The number of carbonyl (C=O) groups is 1. The molecule has 0 saturated carbocycles. The molecule has 1 saturated heterocycles. The fourth-order valence-corrected chi connectivity index (χ4v) is 2.29. The molecular weight excluding hydrogens is 254 g/mol. The highest BCUT2D eigenvalue weighted by Crippen LogP contribution is 2.27. The summed E-state index contributed by atoms with van der Waals surface area (Å²) in [4.78, 5) is 12.3. The lowest BCUT2D eigenvalue weighted by Gasteiger charge is -2.22. The van der Waals surface area contributed by atoms with E-state index in [-0.39, 0.29) is 12.5 Å². The molecule has 0 bridgehead atoms. The van der Waals surface area contributed by atoms with Crippen LogP contribution in [0.15, 0.2) is 18.2 Å². The SMILES string of the molecule is Cc1cc(C#CCO)cc(NC(=O)C2(C)CCCO2)c1. The summed E-state index contributed by atoms with van der Waals surface area (Å²) in [5, 5.41) is 11.6. The molecule has 1 amide bonds. The van der Waals surface area contributed by atoms with Gasteiger partial charge in [-0.1, -0.05) is 11.8 Å². The van der Waals surface area contributed by atoms with Crippen LogP contribution < -0.4 is 5.32 Å². The van der Waals surface area contributed by atoms with Crippen molar-refractivity contribution >= 4 is 11.6 Å². The average Bonchev–Trinajstić information content (AvgIpc) is 2.84. The molecule has 1 aliphatic rings. The molecule has 0 aliphatic carbocycles. The second-order valence-electron chi connectivity index (χ2n) is 5.18. The van der Waals surface area contributed by atoms with Crippen molar-refractivity contribution in [2.24, 2.45) is 0 Å². The number of nitrogens with one attached hydrogen (secondary N) is 1. The van der Waals surface area contributed by atoms with Crippen molar-refractivity contribution in [1.82, 2.24) is 0 Å². The Balaban J connectivity index is 2.16. The summed E-state index contributed by atoms with van der Waals surface area (Å²) in [6, 6.07) is 5.60. The van der Waals surface area contributed by atoms with Gasteiger partial charge in [0.1, 0.15) is 12.2 Å². The number of aliphatic hydroxyl groups excluding tert-OH is 1. The zero-order valence-corrected chi connectivity index (χ0v) is 11.8. The Kier molecular flexibility index (Phi) is 4.43. The van der Waals surface area contributed by atoms with Crippen LogP contribution >= 0.6 is 0 Å². The summed E-state index contributed by atoms with van der Waals surface area (Å²) < 4.78 is 5.53. The Bertz CT molecular complexity index is 563. The van der Waals surface area contributed by atoms with Crippen LogP contribution in [0.5, 0.6) is 0 Å². The number of aliphatic hydroxyl groups is 1. The van der Waals surface area contributed by atoms with Gasteiger partial charge < -0.3 is 15.2 Å². The van der Waals surface area contributed by atoms with Crippen molar-refractivity contribution < 1.29 is 14.6 Å². The minimum absolute atomic E-state index is 0.123. The number of benzene rings is 1. The van der Waals surface area contributed by atoms with Crippen molar-refractivity contribution in [2.45, 2.75) is 32.3 Å².